The third kappa shape index (κ3) is 7.54. The fourth-order valence-electron chi connectivity index (χ4n) is 6.32. The molecule has 0 spiro atoms. The van der Waals surface area contributed by atoms with Gasteiger partial charge < -0.3 is 40.5 Å². The molecular weight excluding hydrogens is 552 g/mol. The minimum absolute atomic E-state index is 0.0472. The Hall–Kier alpha value is -0.890. The largest absolute Gasteiger partial charge is 0.392 e. The van der Waals surface area contributed by atoms with Crippen molar-refractivity contribution in [3.63, 3.8) is 0 Å². The molecule has 3 heterocycles. The van der Waals surface area contributed by atoms with Crippen LogP contribution >= 0.6 is 23.5 Å². The minimum atomic E-state index is -1.41. The molecule has 0 saturated carbocycles. The number of aliphatic hydroxyl groups excluding tert-OH is 4. The van der Waals surface area contributed by atoms with Crippen LogP contribution in [0.4, 0.5) is 0 Å². The molecular formula is C29H46N2O7S2. The third-order valence-corrected chi connectivity index (χ3v) is 10.5. The Balaban J connectivity index is 1.52. The summed E-state index contributed by atoms with van der Waals surface area (Å²) in [6, 6.07) is 6.29. The van der Waals surface area contributed by atoms with Crippen LogP contribution in [0.2, 0.25) is 0 Å². The first-order valence-corrected chi connectivity index (χ1v) is 16.5. The Labute approximate surface area is 246 Å². The van der Waals surface area contributed by atoms with E-state index in [0.29, 0.717) is 25.0 Å². The second-order valence-corrected chi connectivity index (χ2v) is 14.2. The number of rotatable bonds is 10. The molecule has 9 nitrogen and oxygen atoms in total. The first-order chi connectivity index (χ1) is 19.1. The first-order valence-electron chi connectivity index (χ1n) is 14.4. The molecule has 1 amide bonds. The van der Waals surface area contributed by atoms with Crippen molar-refractivity contribution >= 4 is 29.4 Å². The van der Waals surface area contributed by atoms with Crippen LogP contribution in [0.1, 0.15) is 45.6 Å². The Kier molecular flexibility index (Phi) is 11.6. The van der Waals surface area contributed by atoms with Gasteiger partial charge in [-0.3, -0.25) is 4.79 Å². The predicted octanol–water partition coefficient (Wildman–Crippen LogP) is 1.74. The third-order valence-electron chi connectivity index (χ3n) is 8.39. The number of aliphatic hydroxyl groups is 4. The lowest BCUT2D eigenvalue weighted by atomic mass is 9.85. The fraction of sp³-hybridized carbons (Fsp3) is 0.759. The van der Waals surface area contributed by atoms with Gasteiger partial charge in [0.1, 0.15) is 35.9 Å². The van der Waals surface area contributed by atoms with E-state index in [4.69, 9.17) is 9.47 Å². The number of nitrogens with one attached hydrogen (secondary N) is 2. The van der Waals surface area contributed by atoms with Crippen LogP contribution in [-0.4, -0.2) is 99.0 Å². The Bertz CT molecular complexity index is 953. The molecule has 6 N–H and O–H groups in total. The number of benzene rings is 1. The molecule has 3 saturated heterocycles. The zero-order valence-electron chi connectivity index (χ0n) is 23.8. The van der Waals surface area contributed by atoms with Gasteiger partial charge in [-0.25, -0.2) is 0 Å². The molecule has 11 heteroatoms. The van der Waals surface area contributed by atoms with Gasteiger partial charge in [-0.15, -0.1) is 23.5 Å². The van der Waals surface area contributed by atoms with Crippen LogP contribution in [0.25, 0.3) is 0 Å². The lowest BCUT2D eigenvalue weighted by Crippen LogP contribution is -2.65. The number of carbonyl (C=O) groups excluding carboxylic acids is 1. The smallest absolute Gasteiger partial charge is 0.240 e. The van der Waals surface area contributed by atoms with E-state index in [1.807, 2.05) is 31.2 Å². The normalized spacial score (nSPS) is 36.1. The Morgan fingerprint density at radius 2 is 1.85 bits per heavy atom. The first kappa shape index (κ1) is 32.0. The number of thioether (sulfide) groups is 2. The molecule has 1 aromatic carbocycles. The summed E-state index contributed by atoms with van der Waals surface area (Å²) in [6.07, 6.45) is -0.262. The van der Waals surface area contributed by atoms with Crippen LogP contribution in [0.15, 0.2) is 29.2 Å². The van der Waals surface area contributed by atoms with E-state index in [9.17, 15) is 25.2 Å². The van der Waals surface area contributed by atoms with Gasteiger partial charge in [0.05, 0.1) is 18.8 Å². The molecule has 1 aromatic rings. The van der Waals surface area contributed by atoms with Crippen LogP contribution in [0.5, 0.6) is 0 Å². The molecule has 0 aliphatic carbocycles. The highest BCUT2D eigenvalue weighted by molar-refractivity contribution is 8.00. The summed E-state index contributed by atoms with van der Waals surface area (Å²) in [7, 11) is 0. The topological polar surface area (TPSA) is 141 Å². The average Bonchev–Trinajstić information content (AvgIpc) is 3.22. The summed E-state index contributed by atoms with van der Waals surface area (Å²) in [5.74, 6) is 1.24. The van der Waals surface area contributed by atoms with Crippen molar-refractivity contribution in [1.82, 2.24) is 10.6 Å². The second-order valence-electron chi connectivity index (χ2n) is 11.8. The van der Waals surface area contributed by atoms with E-state index >= 15 is 0 Å². The van der Waals surface area contributed by atoms with Gasteiger partial charge in [0.15, 0.2) is 0 Å². The van der Waals surface area contributed by atoms with E-state index in [1.54, 1.807) is 6.26 Å². The fourth-order valence-corrected chi connectivity index (χ4v) is 8.09. The predicted molar refractivity (Wildman–Crippen MR) is 157 cm³/mol. The van der Waals surface area contributed by atoms with Crippen molar-refractivity contribution in [2.75, 3.05) is 19.4 Å². The van der Waals surface area contributed by atoms with Crippen LogP contribution in [-0.2, 0) is 20.9 Å². The summed E-state index contributed by atoms with van der Waals surface area (Å²) >= 11 is 2.75. The van der Waals surface area contributed by atoms with Crippen LogP contribution < -0.4 is 10.6 Å². The van der Waals surface area contributed by atoms with Crippen molar-refractivity contribution in [3.8, 4) is 0 Å². The van der Waals surface area contributed by atoms with Gasteiger partial charge in [0, 0.05) is 23.3 Å². The lowest BCUT2D eigenvalue weighted by Gasteiger charge is -2.44. The quantitative estimate of drug-likeness (QED) is 0.221. The van der Waals surface area contributed by atoms with E-state index in [2.05, 4.69) is 24.5 Å². The highest BCUT2D eigenvalue weighted by Crippen LogP contribution is 2.36. The van der Waals surface area contributed by atoms with Crippen molar-refractivity contribution in [2.45, 2.75) is 105 Å². The minimum Gasteiger partial charge on any atom is -0.392 e. The highest BCUT2D eigenvalue weighted by atomic mass is 32.2. The van der Waals surface area contributed by atoms with E-state index < -0.39 is 41.9 Å². The maximum absolute atomic E-state index is 13.8. The number of ether oxygens (including phenoxy) is 2. The Morgan fingerprint density at radius 1 is 1.12 bits per heavy atom. The van der Waals surface area contributed by atoms with Crippen LogP contribution in [0.3, 0.4) is 0 Å². The zero-order chi connectivity index (χ0) is 29.0. The van der Waals surface area contributed by atoms with Crippen molar-refractivity contribution in [3.05, 3.63) is 29.8 Å². The summed E-state index contributed by atoms with van der Waals surface area (Å²) < 4.78 is 12.4. The van der Waals surface area contributed by atoms with Crippen LogP contribution in [0, 0.1) is 17.8 Å². The SMILES string of the molecule is CSC1O[C@H]([C@H](NC(=O)[C@H]2NC[C@@H]3C[C@H](CC(C)C)CCO[C@H]32)[C@H](C)Sc2ccc(CO)cc2)C(O)[C@@H](O)[C@H]1O. The van der Waals surface area contributed by atoms with Crippen molar-refractivity contribution in [2.24, 2.45) is 17.8 Å². The molecule has 2 unspecified atom stereocenters. The number of carbonyl (C=O) groups is 1. The molecule has 11 atom stereocenters. The molecule has 0 aromatic heterocycles. The molecule has 40 heavy (non-hydrogen) atoms. The lowest BCUT2D eigenvalue weighted by molar-refractivity contribution is -0.205. The van der Waals surface area contributed by atoms with Gasteiger partial charge in [-0.2, -0.15) is 0 Å². The highest BCUT2D eigenvalue weighted by Gasteiger charge is 2.50. The second kappa shape index (κ2) is 14.5. The van der Waals surface area contributed by atoms with E-state index in [-0.39, 0.29) is 29.8 Å². The van der Waals surface area contributed by atoms with Gasteiger partial charge in [0.2, 0.25) is 5.91 Å². The summed E-state index contributed by atoms with van der Waals surface area (Å²) in [4.78, 5) is 14.8. The van der Waals surface area contributed by atoms with Gasteiger partial charge in [-0.05, 0) is 61.0 Å². The van der Waals surface area contributed by atoms with Gasteiger partial charge in [-0.1, -0.05) is 32.9 Å². The molecule has 3 aliphatic rings. The van der Waals surface area contributed by atoms with Gasteiger partial charge in [0.25, 0.3) is 0 Å². The molecule has 4 rings (SSSR count). The molecule has 0 bridgehead atoms. The van der Waals surface area contributed by atoms with Gasteiger partial charge >= 0.3 is 0 Å². The number of amides is 1. The summed E-state index contributed by atoms with van der Waals surface area (Å²) in [5.41, 5.74) is 0.0506. The monoisotopic (exact) mass is 598 g/mol. The summed E-state index contributed by atoms with van der Waals surface area (Å²) in [5, 5.41) is 47.7. The van der Waals surface area contributed by atoms with E-state index in [0.717, 1.165) is 29.7 Å². The molecule has 3 fully saturated rings. The maximum Gasteiger partial charge on any atom is 0.240 e. The standard InChI is InChI=1S/C29H46N2O7S2/c1-15(2)11-18-9-10-37-26-19(12-18)13-30-22(26)28(36)31-21(16(3)40-20-7-5-17(14-32)6-8-20)27-24(34)23(33)25(35)29(38-27)39-4/h5-8,15-16,18-19,21-27,29-30,32-35H,9-14H2,1-4H3,(H,31,36)/t16-,18-,19-,21+,22-,23+,24?,25+,26+,27+,29?/m0/s1. The van der Waals surface area contributed by atoms with E-state index in [1.165, 1.54) is 23.5 Å². The van der Waals surface area contributed by atoms with Crippen molar-refractivity contribution < 1.29 is 34.7 Å². The number of hydrogen-bond donors (Lipinski definition) is 6. The van der Waals surface area contributed by atoms with Crippen molar-refractivity contribution in [1.29, 1.82) is 0 Å². The number of fused-ring (bicyclic) bond motifs is 1. The number of hydrogen-bond acceptors (Lipinski definition) is 10. The Morgan fingerprint density at radius 3 is 2.50 bits per heavy atom. The zero-order valence-corrected chi connectivity index (χ0v) is 25.4. The molecule has 3 aliphatic heterocycles. The summed E-state index contributed by atoms with van der Waals surface area (Å²) in [6.45, 7) is 7.73. The maximum atomic E-state index is 13.8. The molecule has 226 valence electrons. The molecule has 0 radical (unpaired) electrons. The average molecular weight is 599 g/mol.